The van der Waals surface area contributed by atoms with Crippen molar-refractivity contribution in [3.8, 4) is 22.6 Å². The van der Waals surface area contributed by atoms with Crippen LogP contribution in [0.3, 0.4) is 0 Å². The van der Waals surface area contributed by atoms with Crippen LogP contribution in [-0.4, -0.2) is 19.3 Å². The molecule has 1 atom stereocenters. The summed E-state index contributed by atoms with van der Waals surface area (Å²) in [6, 6.07) is 11.8. The van der Waals surface area contributed by atoms with Gasteiger partial charge in [-0.15, -0.1) is 0 Å². The van der Waals surface area contributed by atoms with Gasteiger partial charge in [0, 0.05) is 23.2 Å². The molecule has 0 aliphatic carbocycles. The number of hydrogen-bond acceptors (Lipinski definition) is 3. The molecule has 0 radical (unpaired) electrons. The molecule has 2 N–H and O–H groups in total. The van der Waals surface area contributed by atoms with Crippen molar-refractivity contribution in [1.29, 1.82) is 0 Å². The van der Waals surface area contributed by atoms with E-state index >= 15 is 0 Å². The number of halogens is 1. The fourth-order valence-electron chi connectivity index (χ4n) is 2.37. The maximum atomic E-state index is 6.19. The Morgan fingerprint density at radius 1 is 1.25 bits per heavy atom. The minimum absolute atomic E-state index is 0.119. The zero-order chi connectivity index (χ0) is 14.1. The summed E-state index contributed by atoms with van der Waals surface area (Å²) in [4.78, 5) is 0. The highest BCUT2D eigenvalue weighted by Gasteiger charge is 2.24. The Hall–Kier alpha value is -1.71. The monoisotopic (exact) mass is 289 g/mol. The first-order chi connectivity index (χ1) is 9.69. The van der Waals surface area contributed by atoms with Crippen molar-refractivity contribution in [2.75, 3.05) is 13.2 Å². The molecule has 0 aromatic heterocycles. The Morgan fingerprint density at radius 3 is 2.80 bits per heavy atom. The normalized spacial score (nSPS) is 17.1. The topological polar surface area (TPSA) is 44.5 Å². The number of nitrogens with two attached hydrogens (primary N) is 1. The van der Waals surface area contributed by atoms with E-state index in [9.17, 15) is 0 Å². The van der Waals surface area contributed by atoms with Gasteiger partial charge in [0.1, 0.15) is 12.7 Å². The highest BCUT2D eigenvalue weighted by atomic mass is 35.5. The van der Waals surface area contributed by atoms with Crippen molar-refractivity contribution in [1.82, 2.24) is 0 Å². The molecule has 3 rings (SSSR count). The van der Waals surface area contributed by atoms with Crippen molar-refractivity contribution in [2.24, 2.45) is 5.73 Å². The minimum atomic E-state index is -0.119. The molecule has 1 aliphatic rings. The molecular formula is C16H16ClNO2. The maximum Gasteiger partial charge on any atom is 0.169 e. The Balaban J connectivity index is 2.16. The Morgan fingerprint density at radius 2 is 2.05 bits per heavy atom. The third-order valence-electron chi connectivity index (χ3n) is 3.43. The van der Waals surface area contributed by atoms with Gasteiger partial charge >= 0.3 is 0 Å². The van der Waals surface area contributed by atoms with Crippen molar-refractivity contribution in [3.05, 3.63) is 47.0 Å². The predicted molar refractivity (Wildman–Crippen MR) is 80.6 cm³/mol. The molecule has 0 fully saturated rings. The highest BCUT2D eigenvalue weighted by Crippen LogP contribution is 2.44. The molecule has 0 saturated carbocycles. The zero-order valence-electron chi connectivity index (χ0n) is 11.2. The van der Waals surface area contributed by atoms with Crippen LogP contribution < -0.4 is 15.2 Å². The second kappa shape index (κ2) is 5.35. The van der Waals surface area contributed by atoms with Crippen LogP contribution in [-0.2, 0) is 0 Å². The largest absolute Gasteiger partial charge is 0.486 e. The average molecular weight is 290 g/mol. The molecule has 104 valence electrons. The lowest BCUT2D eigenvalue weighted by molar-refractivity contribution is 0.0976. The molecule has 2 aromatic carbocycles. The highest BCUT2D eigenvalue weighted by molar-refractivity contribution is 6.31. The van der Waals surface area contributed by atoms with Crippen LogP contribution in [0.15, 0.2) is 36.4 Å². The van der Waals surface area contributed by atoms with Gasteiger partial charge in [0.15, 0.2) is 11.5 Å². The van der Waals surface area contributed by atoms with E-state index < -0.39 is 0 Å². The molecule has 20 heavy (non-hydrogen) atoms. The van der Waals surface area contributed by atoms with Crippen molar-refractivity contribution in [3.63, 3.8) is 0 Å². The van der Waals surface area contributed by atoms with Gasteiger partial charge in [-0.25, -0.2) is 0 Å². The second-order valence-corrected chi connectivity index (χ2v) is 5.32. The summed E-state index contributed by atoms with van der Waals surface area (Å²) in [6.07, 6.45) is -0.119. The van der Waals surface area contributed by atoms with Gasteiger partial charge in [-0.05, 0) is 24.1 Å². The van der Waals surface area contributed by atoms with Gasteiger partial charge in [0.25, 0.3) is 0 Å². The van der Waals surface area contributed by atoms with Gasteiger partial charge < -0.3 is 15.2 Å². The van der Waals surface area contributed by atoms with E-state index in [1.54, 1.807) is 6.07 Å². The van der Waals surface area contributed by atoms with Crippen molar-refractivity contribution < 1.29 is 9.47 Å². The van der Waals surface area contributed by atoms with Gasteiger partial charge in [-0.3, -0.25) is 0 Å². The van der Waals surface area contributed by atoms with E-state index in [1.165, 1.54) is 0 Å². The van der Waals surface area contributed by atoms with E-state index in [0.29, 0.717) is 23.9 Å². The van der Waals surface area contributed by atoms with Crippen LogP contribution in [0.5, 0.6) is 11.5 Å². The molecule has 1 aliphatic heterocycles. The van der Waals surface area contributed by atoms with Gasteiger partial charge in [-0.2, -0.15) is 0 Å². The number of benzene rings is 2. The molecule has 0 saturated heterocycles. The number of aryl methyl sites for hydroxylation is 1. The molecule has 4 heteroatoms. The summed E-state index contributed by atoms with van der Waals surface area (Å²) in [7, 11) is 0. The molecule has 3 nitrogen and oxygen atoms in total. The molecule has 0 bridgehead atoms. The molecule has 0 spiro atoms. The number of ether oxygens (including phenoxy) is 2. The van der Waals surface area contributed by atoms with Gasteiger partial charge in [0.2, 0.25) is 0 Å². The summed E-state index contributed by atoms with van der Waals surface area (Å²) < 4.78 is 11.7. The first-order valence-corrected chi connectivity index (χ1v) is 6.96. The van der Waals surface area contributed by atoms with E-state index in [0.717, 1.165) is 22.4 Å². The molecular weight excluding hydrogens is 274 g/mol. The molecule has 0 amide bonds. The van der Waals surface area contributed by atoms with E-state index in [1.807, 2.05) is 18.2 Å². The lowest BCUT2D eigenvalue weighted by Gasteiger charge is -2.28. The van der Waals surface area contributed by atoms with Crippen LogP contribution in [0.1, 0.15) is 5.56 Å². The first-order valence-electron chi connectivity index (χ1n) is 6.58. The maximum absolute atomic E-state index is 6.19. The zero-order valence-corrected chi connectivity index (χ0v) is 12.0. The van der Waals surface area contributed by atoms with Gasteiger partial charge in [0.05, 0.1) is 0 Å². The fourth-order valence-corrected chi connectivity index (χ4v) is 2.58. The summed E-state index contributed by atoms with van der Waals surface area (Å²) in [5, 5.41) is 0.636. The van der Waals surface area contributed by atoms with Crippen LogP contribution in [0, 0.1) is 6.92 Å². The lowest BCUT2D eigenvalue weighted by atomic mass is 9.99. The average Bonchev–Trinajstić information content (AvgIpc) is 2.46. The molecule has 2 aromatic rings. The SMILES string of the molecule is Cc1ccccc1-c1cc(Cl)cc2c1O[C@@H](CN)CO2. The quantitative estimate of drug-likeness (QED) is 0.921. The van der Waals surface area contributed by atoms with Crippen molar-refractivity contribution in [2.45, 2.75) is 13.0 Å². The minimum Gasteiger partial charge on any atom is -0.486 e. The number of rotatable bonds is 2. The van der Waals surface area contributed by atoms with Crippen LogP contribution >= 0.6 is 11.6 Å². The Bertz CT molecular complexity index is 642. The van der Waals surface area contributed by atoms with Crippen LogP contribution in [0.25, 0.3) is 11.1 Å². The number of hydrogen-bond donors (Lipinski definition) is 1. The van der Waals surface area contributed by atoms with E-state index in [4.69, 9.17) is 26.8 Å². The third-order valence-corrected chi connectivity index (χ3v) is 3.65. The van der Waals surface area contributed by atoms with E-state index in [2.05, 4.69) is 19.1 Å². The van der Waals surface area contributed by atoms with Crippen molar-refractivity contribution >= 4 is 11.6 Å². The third kappa shape index (κ3) is 2.35. The second-order valence-electron chi connectivity index (χ2n) is 4.88. The predicted octanol–water partition coefficient (Wildman–Crippen LogP) is 3.41. The summed E-state index contributed by atoms with van der Waals surface area (Å²) in [6.45, 7) is 2.94. The van der Waals surface area contributed by atoms with E-state index in [-0.39, 0.29) is 6.10 Å². The Labute approximate surface area is 123 Å². The standard InChI is InChI=1S/C16H16ClNO2/c1-10-4-2-3-5-13(10)14-6-11(17)7-15-16(14)20-12(8-18)9-19-15/h2-7,12H,8-9,18H2,1H3/t12-/m0/s1. The smallest absolute Gasteiger partial charge is 0.169 e. The molecule has 1 heterocycles. The van der Waals surface area contributed by atoms with Crippen LogP contribution in [0.4, 0.5) is 0 Å². The Kier molecular flexibility index (Phi) is 3.55. The summed E-state index contributed by atoms with van der Waals surface area (Å²) in [5.41, 5.74) is 8.88. The molecule has 0 unspecified atom stereocenters. The lowest BCUT2D eigenvalue weighted by Crippen LogP contribution is -2.35. The first kappa shape index (κ1) is 13.3. The number of fused-ring (bicyclic) bond motifs is 1. The van der Waals surface area contributed by atoms with Crippen LogP contribution in [0.2, 0.25) is 5.02 Å². The summed E-state index contributed by atoms with van der Waals surface area (Å²) in [5.74, 6) is 1.41. The summed E-state index contributed by atoms with van der Waals surface area (Å²) >= 11 is 6.19. The fraction of sp³-hybridized carbons (Fsp3) is 0.250. The van der Waals surface area contributed by atoms with Gasteiger partial charge in [-0.1, -0.05) is 35.9 Å².